The van der Waals surface area contributed by atoms with Crippen LogP contribution in [-0.4, -0.2) is 53.2 Å². The molecule has 6 heteroatoms. The lowest BCUT2D eigenvalue weighted by Gasteiger charge is -2.35. The molecule has 0 aromatic carbocycles. The minimum absolute atomic E-state index is 0.218. The van der Waals surface area contributed by atoms with Gasteiger partial charge in [-0.25, -0.2) is 9.10 Å². The van der Waals surface area contributed by atoms with Gasteiger partial charge in [-0.05, 0) is 20.8 Å². The average Bonchev–Trinajstić information content (AvgIpc) is 2.61. The Hall–Kier alpha value is -0.460. The smallest absolute Gasteiger partial charge is 0.410 e. The fraction of sp³-hybridized carbons (Fsp3) is 0.900. The monoisotopic (exact) mass is 246 g/mol. The molecule has 0 saturated carbocycles. The number of piperazine rings is 1. The van der Waals surface area contributed by atoms with Crippen molar-refractivity contribution in [3.8, 4) is 0 Å². The van der Waals surface area contributed by atoms with E-state index >= 15 is 0 Å². The second kappa shape index (κ2) is 4.43. The maximum Gasteiger partial charge on any atom is 0.410 e. The summed E-state index contributed by atoms with van der Waals surface area (Å²) in [5.41, 5.74) is -0.421. The van der Waals surface area contributed by atoms with Crippen molar-refractivity contribution in [2.75, 3.05) is 26.2 Å². The zero-order chi connectivity index (χ0) is 11.8. The summed E-state index contributed by atoms with van der Waals surface area (Å²) in [4.78, 5) is 13.6. The van der Waals surface area contributed by atoms with E-state index in [9.17, 15) is 4.79 Å². The van der Waals surface area contributed by atoms with Gasteiger partial charge in [0.2, 0.25) is 0 Å². The number of hydrogen-bond acceptors (Lipinski definition) is 5. The van der Waals surface area contributed by atoms with E-state index in [1.165, 1.54) is 12.2 Å². The second-order valence-electron chi connectivity index (χ2n) is 5.08. The lowest BCUT2D eigenvalue weighted by molar-refractivity contribution is 0.0145. The van der Waals surface area contributed by atoms with Crippen LogP contribution in [-0.2, 0) is 8.92 Å². The van der Waals surface area contributed by atoms with Gasteiger partial charge >= 0.3 is 6.09 Å². The average molecular weight is 246 g/mol. The third-order valence-electron chi connectivity index (χ3n) is 2.49. The molecule has 0 unspecified atom stereocenters. The first-order valence-electron chi connectivity index (χ1n) is 5.50. The SMILES string of the molecule is CC(C)(C)OC(=O)N1CCN2SOC[C@H]2C1. The highest BCUT2D eigenvalue weighted by Crippen LogP contribution is 2.28. The van der Waals surface area contributed by atoms with Crippen LogP contribution in [0.2, 0.25) is 0 Å². The number of rotatable bonds is 0. The van der Waals surface area contributed by atoms with Gasteiger partial charge in [0.1, 0.15) is 5.60 Å². The molecular weight excluding hydrogens is 228 g/mol. The van der Waals surface area contributed by atoms with E-state index in [-0.39, 0.29) is 6.09 Å². The van der Waals surface area contributed by atoms with Gasteiger partial charge in [-0.3, -0.25) is 4.18 Å². The van der Waals surface area contributed by atoms with E-state index in [1.807, 2.05) is 20.8 Å². The summed E-state index contributed by atoms with van der Waals surface area (Å²) in [6.45, 7) is 8.59. The largest absolute Gasteiger partial charge is 0.444 e. The molecule has 0 aromatic heterocycles. The highest BCUT2D eigenvalue weighted by atomic mass is 32.2. The summed E-state index contributed by atoms with van der Waals surface area (Å²) >= 11 is 1.41. The molecule has 2 fully saturated rings. The maximum absolute atomic E-state index is 11.8. The molecule has 1 atom stereocenters. The number of carbonyl (C=O) groups excluding carboxylic acids is 1. The normalized spacial score (nSPS) is 26.7. The molecular formula is C10H18N2O3S. The minimum atomic E-state index is -0.421. The summed E-state index contributed by atoms with van der Waals surface area (Å²) < 4.78 is 12.8. The van der Waals surface area contributed by atoms with Crippen molar-refractivity contribution in [3.05, 3.63) is 0 Å². The highest BCUT2D eigenvalue weighted by Gasteiger charge is 2.36. The summed E-state index contributed by atoms with van der Waals surface area (Å²) in [6, 6.07) is 0.311. The van der Waals surface area contributed by atoms with E-state index in [0.717, 1.165) is 6.54 Å². The van der Waals surface area contributed by atoms with Gasteiger partial charge in [0.05, 0.1) is 24.9 Å². The van der Waals surface area contributed by atoms with Crippen LogP contribution in [0.5, 0.6) is 0 Å². The van der Waals surface area contributed by atoms with E-state index < -0.39 is 5.60 Å². The zero-order valence-electron chi connectivity index (χ0n) is 9.93. The first-order chi connectivity index (χ1) is 7.46. The Labute approximate surface area is 100 Å². The fourth-order valence-electron chi connectivity index (χ4n) is 1.74. The Morgan fingerprint density at radius 2 is 2.19 bits per heavy atom. The van der Waals surface area contributed by atoms with Crippen LogP contribution in [0.4, 0.5) is 4.79 Å². The predicted octanol–water partition coefficient (Wildman–Crippen LogP) is 1.50. The molecule has 0 aliphatic carbocycles. The first-order valence-corrected chi connectivity index (χ1v) is 6.20. The summed E-state index contributed by atoms with van der Waals surface area (Å²) in [5.74, 6) is 0. The van der Waals surface area contributed by atoms with E-state index in [1.54, 1.807) is 4.90 Å². The second-order valence-corrected chi connectivity index (χ2v) is 5.93. The Morgan fingerprint density at radius 1 is 1.44 bits per heavy atom. The molecule has 92 valence electrons. The molecule has 2 aliphatic heterocycles. The van der Waals surface area contributed by atoms with Gasteiger partial charge in [0.15, 0.2) is 0 Å². The van der Waals surface area contributed by atoms with Gasteiger partial charge in [-0.2, -0.15) is 0 Å². The Kier molecular flexibility index (Phi) is 3.32. The van der Waals surface area contributed by atoms with Crippen LogP contribution in [0.3, 0.4) is 0 Å². The van der Waals surface area contributed by atoms with Crippen LogP contribution < -0.4 is 0 Å². The topological polar surface area (TPSA) is 42.0 Å². The molecule has 2 saturated heterocycles. The highest BCUT2D eigenvalue weighted by molar-refractivity contribution is 7.92. The van der Waals surface area contributed by atoms with E-state index in [4.69, 9.17) is 8.92 Å². The van der Waals surface area contributed by atoms with Crippen LogP contribution >= 0.6 is 12.2 Å². The van der Waals surface area contributed by atoms with Gasteiger partial charge in [0.25, 0.3) is 0 Å². The molecule has 2 heterocycles. The van der Waals surface area contributed by atoms with Crippen molar-refractivity contribution in [2.45, 2.75) is 32.4 Å². The summed E-state index contributed by atoms with van der Waals surface area (Å²) in [6.07, 6.45) is -0.218. The quantitative estimate of drug-likeness (QED) is 0.478. The van der Waals surface area contributed by atoms with Crippen molar-refractivity contribution in [1.29, 1.82) is 0 Å². The molecule has 2 rings (SSSR count). The number of ether oxygens (including phenoxy) is 1. The Balaban J connectivity index is 1.89. The van der Waals surface area contributed by atoms with Crippen LogP contribution in [0.25, 0.3) is 0 Å². The third kappa shape index (κ3) is 2.81. The molecule has 1 amide bonds. The van der Waals surface area contributed by atoms with Gasteiger partial charge in [-0.15, -0.1) is 0 Å². The lowest BCUT2D eigenvalue weighted by atomic mass is 10.2. The van der Waals surface area contributed by atoms with Gasteiger partial charge < -0.3 is 9.64 Å². The molecule has 0 N–H and O–H groups in total. The van der Waals surface area contributed by atoms with Crippen molar-refractivity contribution in [3.63, 3.8) is 0 Å². The van der Waals surface area contributed by atoms with Crippen LogP contribution in [0.1, 0.15) is 20.8 Å². The molecule has 5 nitrogen and oxygen atoms in total. The molecule has 0 radical (unpaired) electrons. The van der Waals surface area contributed by atoms with E-state index in [2.05, 4.69) is 4.31 Å². The predicted molar refractivity (Wildman–Crippen MR) is 61.8 cm³/mol. The number of fused-ring (bicyclic) bond motifs is 1. The van der Waals surface area contributed by atoms with Gasteiger partial charge in [0, 0.05) is 19.6 Å². The lowest BCUT2D eigenvalue weighted by Crippen LogP contribution is -2.52. The standard InChI is InChI=1S/C10H18N2O3S/c1-10(2,3)15-9(13)11-4-5-12-8(6-11)7-14-16-12/h8H,4-7H2,1-3H3/t8-/m1/s1. The van der Waals surface area contributed by atoms with E-state index in [0.29, 0.717) is 25.7 Å². The maximum atomic E-state index is 11.8. The molecule has 0 bridgehead atoms. The minimum Gasteiger partial charge on any atom is -0.444 e. The van der Waals surface area contributed by atoms with Crippen LogP contribution in [0, 0.1) is 0 Å². The van der Waals surface area contributed by atoms with Crippen molar-refractivity contribution < 1.29 is 13.7 Å². The number of hydrogen-bond donors (Lipinski definition) is 0. The molecule has 16 heavy (non-hydrogen) atoms. The van der Waals surface area contributed by atoms with Gasteiger partial charge in [-0.1, -0.05) is 0 Å². The van der Waals surface area contributed by atoms with Crippen LogP contribution in [0.15, 0.2) is 0 Å². The number of carbonyl (C=O) groups is 1. The summed E-state index contributed by atoms with van der Waals surface area (Å²) in [5, 5.41) is 0. The number of amides is 1. The third-order valence-corrected chi connectivity index (χ3v) is 3.40. The van der Waals surface area contributed by atoms with Crippen molar-refractivity contribution >= 4 is 18.3 Å². The Morgan fingerprint density at radius 3 is 2.88 bits per heavy atom. The van der Waals surface area contributed by atoms with Crippen molar-refractivity contribution in [1.82, 2.24) is 9.21 Å². The molecule has 0 spiro atoms. The molecule has 2 aliphatic rings. The van der Waals surface area contributed by atoms with Crippen molar-refractivity contribution in [2.24, 2.45) is 0 Å². The first kappa shape index (κ1) is 12.0. The fourth-order valence-corrected chi connectivity index (χ4v) is 2.50. The molecule has 0 aromatic rings. The zero-order valence-corrected chi connectivity index (χ0v) is 10.7. The Bertz CT molecular complexity index is 280. The number of nitrogens with zero attached hydrogens (tertiary/aromatic N) is 2. The summed E-state index contributed by atoms with van der Waals surface area (Å²) in [7, 11) is 0.